The highest BCUT2D eigenvalue weighted by Crippen LogP contribution is 2.52. The van der Waals surface area contributed by atoms with E-state index in [1.807, 2.05) is 18.2 Å². The largest absolute Gasteiger partial charge is 0.456 e. The Labute approximate surface area is 676 Å². The molecule has 0 radical (unpaired) electrons. The normalized spacial score (nSPS) is 11.6. The van der Waals surface area contributed by atoms with Gasteiger partial charge in [0.15, 0.2) is 0 Å². The molecule has 0 aliphatic rings. The maximum absolute atomic E-state index is 6.48. The van der Waals surface area contributed by atoms with Crippen LogP contribution in [0, 0.1) is 0 Å². The molecule has 3 nitrogen and oxygen atoms in total. The van der Waals surface area contributed by atoms with Crippen molar-refractivity contribution in [1.29, 1.82) is 0 Å². The van der Waals surface area contributed by atoms with Gasteiger partial charge in [-0.15, -0.1) is 0 Å². The third kappa shape index (κ3) is 11.8. The average Bonchev–Trinajstić information content (AvgIpc) is 1.53. The molecule has 21 aromatic carbocycles. The fourth-order valence-corrected chi connectivity index (χ4v) is 18.5. The van der Waals surface area contributed by atoms with Crippen molar-refractivity contribution < 1.29 is 13.3 Å². The van der Waals surface area contributed by atoms with Crippen molar-refractivity contribution in [3.8, 4) is 100 Å². The summed E-state index contributed by atoms with van der Waals surface area (Å²) in [6.07, 6.45) is 0. The van der Waals surface area contributed by atoms with Gasteiger partial charge in [-0.2, -0.15) is 0 Å². The van der Waals surface area contributed by atoms with Crippen LogP contribution in [0.4, 0.5) is 0 Å². The summed E-state index contributed by atoms with van der Waals surface area (Å²) >= 11 is 0. The standard InChI is InChI=1S/3C38H24O/c1-3-13-25(14-4-1)33-23-27(24-34-28-17-11-12-22-35(28)39-38(33)34)37-31-20-9-7-18-29(31)36(26-15-5-2-6-16-26)30-19-8-10-21-32(30)37;1-3-13-25(14-4-1)32-24-36-33(27-17-11-12-22-35(27)39-36)23-34(32)38-30-20-9-7-18-28(30)37(26-15-5-2-6-16-26)29-19-8-10-21-31(29)38;1-3-12-25(13-4-1)28-20-11-21-33-34-24-27(22-23-35(34)39-38(28)33)37-31-18-9-7-16-29(31)36(26-14-5-2-6-15-26)30-17-8-10-19-32(30)37/h3*1-24H. The molecule has 24 aromatic rings. The summed E-state index contributed by atoms with van der Waals surface area (Å²) in [6.45, 7) is 0. The van der Waals surface area contributed by atoms with Crippen LogP contribution in [0.15, 0.2) is 450 Å². The summed E-state index contributed by atoms with van der Waals surface area (Å²) in [5, 5.41) is 21.9. The van der Waals surface area contributed by atoms with E-state index in [1.165, 1.54) is 143 Å². The Kier molecular flexibility index (Phi) is 16.9. The van der Waals surface area contributed by atoms with Crippen LogP contribution >= 0.6 is 0 Å². The average molecular weight is 1490 g/mol. The van der Waals surface area contributed by atoms with Crippen LogP contribution in [0.1, 0.15) is 0 Å². The van der Waals surface area contributed by atoms with E-state index in [4.69, 9.17) is 13.3 Å². The van der Waals surface area contributed by atoms with Gasteiger partial charge in [0.05, 0.1) is 0 Å². The molecule has 0 N–H and O–H groups in total. The van der Waals surface area contributed by atoms with Gasteiger partial charge in [-0.1, -0.05) is 388 Å². The zero-order valence-corrected chi connectivity index (χ0v) is 63.8. The predicted octanol–water partition coefficient (Wildman–Crippen LogP) is 32.7. The van der Waals surface area contributed by atoms with E-state index in [2.05, 4.69) is 419 Å². The van der Waals surface area contributed by atoms with Gasteiger partial charge >= 0.3 is 0 Å². The Bertz CT molecular complexity index is 7780. The molecule has 0 aliphatic carbocycles. The summed E-state index contributed by atoms with van der Waals surface area (Å²) in [5.74, 6) is 0. The topological polar surface area (TPSA) is 39.4 Å². The SMILES string of the molecule is c1ccc(-c2c3ccccc3c(-c3cc(-c4ccccc4)c4oc5ccccc5c4c3)c3ccccc23)cc1.c1ccc(-c2c3ccccc3c(-c3ccc4oc5c(-c6ccccc6)cccc5c4c3)c3ccccc23)cc1.c1ccc(-c2cc3oc4ccccc4c3cc2-c2c3ccccc3c(-c3ccccc3)c3ccccc23)cc1. The number of fused-ring (bicyclic) bond motifs is 15. The van der Waals surface area contributed by atoms with E-state index in [0.29, 0.717) is 0 Å². The van der Waals surface area contributed by atoms with Crippen molar-refractivity contribution in [1.82, 2.24) is 0 Å². The Morgan fingerprint density at radius 2 is 0.393 bits per heavy atom. The molecule has 0 unspecified atom stereocenters. The Morgan fingerprint density at radius 3 is 0.812 bits per heavy atom. The van der Waals surface area contributed by atoms with Crippen molar-refractivity contribution in [2.75, 3.05) is 0 Å². The summed E-state index contributed by atoms with van der Waals surface area (Å²) in [6, 6.07) is 156. The molecule has 3 aromatic heterocycles. The number of hydrogen-bond donors (Lipinski definition) is 0. The van der Waals surface area contributed by atoms with Gasteiger partial charge in [-0.3, -0.25) is 0 Å². The molecular formula is C114H72O3. The molecule has 24 rings (SSSR count). The molecule has 0 fully saturated rings. The first kappa shape index (κ1) is 68.4. The van der Waals surface area contributed by atoms with Crippen molar-refractivity contribution >= 4 is 130 Å². The molecule has 3 heterocycles. The lowest BCUT2D eigenvalue weighted by molar-refractivity contribution is 0.669. The lowest BCUT2D eigenvalue weighted by Gasteiger charge is -2.20. The molecule has 0 aliphatic heterocycles. The quantitative estimate of drug-likeness (QED) is 0.135. The number of rotatable bonds is 9. The van der Waals surface area contributed by atoms with Crippen LogP contribution in [0.3, 0.4) is 0 Å². The third-order valence-electron chi connectivity index (χ3n) is 23.6. The van der Waals surface area contributed by atoms with Crippen LogP contribution in [0.5, 0.6) is 0 Å². The van der Waals surface area contributed by atoms with Crippen molar-refractivity contribution in [3.05, 3.63) is 437 Å². The van der Waals surface area contributed by atoms with Crippen LogP contribution in [-0.2, 0) is 0 Å². The lowest BCUT2D eigenvalue weighted by Crippen LogP contribution is -1.93. The minimum atomic E-state index is 0.909. The van der Waals surface area contributed by atoms with Crippen molar-refractivity contribution in [2.45, 2.75) is 0 Å². The van der Waals surface area contributed by atoms with E-state index in [0.717, 1.165) is 88.1 Å². The summed E-state index contributed by atoms with van der Waals surface area (Å²) in [5.41, 5.74) is 27.3. The maximum atomic E-state index is 6.48. The van der Waals surface area contributed by atoms with E-state index in [-0.39, 0.29) is 0 Å². The van der Waals surface area contributed by atoms with Gasteiger partial charge in [-0.25, -0.2) is 0 Å². The van der Waals surface area contributed by atoms with Crippen LogP contribution in [-0.4, -0.2) is 0 Å². The van der Waals surface area contributed by atoms with E-state index in [9.17, 15) is 0 Å². The summed E-state index contributed by atoms with van der Waals surface area (Å²) < 4.78 is 19.3. The maximum Gasteiger partial charge on any atom is 0.143 e. The van der Waals surface area contributed by atoms with Gasteiger partial charge < -0.3 is 13.3 Å². The lowest BCUT2D eigenvalue weighted by atomic mass is 9.83. The summed E-state index contributed by atoms with van der Waals surface area (Å²) in [7, 11) is 0. The molecule has 3 heteroatoms. The van der Waals surface area contributed by atoms with Crippen molar-refractivity contribution in [3.63, 3.8) is 0 Å². The van der Waals surface area contributed by atoms with E-state index >= 15 is 0 Å². The second kappa shape index (κ2) is 29.0. The van der Waals surface area contributed by atoms with Crippen LogP contribution in [0.25, 0.3) is 231 Å². The molecule has 117 heavy (non-hydrogen) atoms. The van der Waals surface area contributed by atoms with E-state index in [1.54, 1.807) is 0 Å². The fourth-order valence-electron chi connectivity index (χ4n) is 18.5. The first-order valence-electron chi connectivity index (χ1n) is 40.1. The minimum absolute atomic E-state index is 0.909. The molecule has 546 valence electrons. The second-order valence-electron chi connectivity index (χ2n) is 30.2. The fraction of sp³-hybridized carbons (Fsp3) is 0. The van der Waals surface area contributed by atoms with Crippen LogP contribution in [0.2, 0.25) is 0 Å². The monoisotopic (exact) mass is 1490 g/mol. The first-order chi connectivity index (χ1) is 58.1. The van der Waals surface area contributed by atoms with Gasteiger partial charge in [0.1, 0.15) is 33.5 Å². The smallest absolute Gasteiger partial charge is 0.143 e. The minimum Gasteiger partial charge on any atom is -0.456 e. The van der Waals surface area contributed by atoms with Gasteiger partial charge in [-0.05, 0) is 202 Å². The molecule has 0 bridgehead atoms. The van der Waals surface area contributed by atoms with Gasteiger partial charge in [0.2, 0.25) is 0 Å². The number of hydrogen-bond acceptors (Lipinski definition) is 3. The Balaban J connectivity index is 0.000000106. The second-order valence-corrected chi connectivity index (χ2v) is 30.2. The van der Waals surface area contributed by atoms with Gasteiger partial charge in [0.25, 0.3) is 0 Å². The highest BCUT2D eigenvalue weighted by atomic mass is 16.3. The number of benzene rings is 21. The molecule has 0 spiro atoms. The third-order valence-corrected chi connectivity index (χ3v) is 23.6. The number of para-hydroxylation sites is 3. The molecule has 0 amide bonds. The molecule has 0 atom stereocenters. The number of furan rings is 3. The van der Waals surface area contributed by atoms with Crippen LogP contribution < -0.4 is 0 Å². The molecular weight excluding hydrogens is 1420 g/mol. The zero-order valence-electron chi connectivity index (χ0n) is 63.8. The van der Waals surface area contributed by atoms with Gasteiger partial charge in [0, 0.05) is 43.4 Å². The highest BCUT2D eigenvalue weighted by Gasteiger charge is 2.25. The molecule has 0 saturated heterocycles. The molecule has 0 saturated carbocycles. The Hall–Kier alpha value is -15.4. The summed E-state index contributed by atoms with van der Waals surface area (Å²) in [4.78, 5) is 0. The van der Waals surface area contributed by atoms with E-state index < -0.39 is 0 Å². The highest BCUT2D eigenvalue weighted by molar-refractivity contribution is 6.27. The first-order valence-corrected chi connectivity index (χ1v) is 40.1. The zero-order chi connectivity index (χ0) is 77.3. The predicted molar refractivity (Wildman–Crippen MR) is 495 cm³/mol. The van der Waals surface area contributed by atoms with Crippen molar-refractivity contribution in [2.24, 2.45) is 0 Å². The Morgan fingerprint density at radius 1 is 0.111 bits per heavy atom.